The van der Waals surface area contributed by atoms with Gasteiger partial charge in [0.1, 0.15) is 0 Å². The Morgan fingerprint density at radius 2 is 1.95 bits per heavy atom. The minimum absolute atomic E-state index is 0.239. The Labute approximate surface area is 116 Å². The van der Waals surface area contributed by atoms with E-state index in [2.05, 4.69) is 36.8 Å². The van der Waals surface area contributed by atoms with E-state index < -0.39 is 0 Å². The number of rotatable bonds is 1. The SMILES string of the molecule is CC.CC(C)C1(C)CCc2nccc3cncc1c23. The van der Waals surface area contributed by atoms with E-state index >= 15 is 0 Å². The summed E-state index contributed by atoms with van der Waals surface area (Å²) in [7, 11) is 0. The van der Waals surface area contributed by atoms with Crippen molar-refractivity contribution in [2.75, 3.05) is 0 Å². The molecule has 1 unspecified atom stereocenters. The van der Waals surface area contributed by atoms with Crippen molar-refractivity contribution in [3.63, 3.8) is 0 Å². The Hall–Kier alpha value is -1.44. The van der Waals surface area contributed by atoms with Crippen LogP contribution < -0.4 is 0 Å². The molecule has 2 aromatic rings. The maximum Gasteiger partial charge on any atom is 0.0486 e. The second kappa shape index (κ2) is 5.28. The first-order valence-electron chi connectivity index (χ1n) is 7.35. The van der Waals surface area contributed by atoms with Crippen LogP contribution >= 0.6 is 0 Å². The monoisotopic (exact) mass is 256 g/mol. The van der Waals surface area contributed by atoms with Gasteiger partial charge in [0.25, 0.3) is 0 Å². The highest BCUT2D eigenvalue weighted by atomic mass is 14.7. The molecule has 1 aliphatic rings. The molecule has 3 rings (SSSR count). The summed E-state index contributed by atoms with van der Waals surface area (Å²) in [6, 6.07) is 2.07. The van der Waals surface area contributed by atoms with Crippen molar-refractivity contribution in [3.8, 4) is 0 Å². The van der Waals surface area contributed by atoms with Gasteiger partial charge in [-0.3, -0.25) is 9.97 Å². The molecule has 2 aromatic heterocycles. The summed E-state index contributed by atoms with van der Waals surface area (Å²) in [5.41, 5.74) is 2.88. The van der Waals surface area contributed by atoms with Crippen LogP contribution in [0.1, 0.15) is 52.3 Å². The summed E-state index contributed by atoms with van der Waals surface area (Å²) < 4.78 is 0. The van der Waals surface area contributed by atoms with Gasteiger partial charge in [-0.05, 0) is 35.8 Å². The molecule has 0 aliphatic heterocycles. The first-order valence-corrected chi connectivity index (χ1v) is 7.35. The number of hydrogen-bond acceptors (Lipinski definition) is 2. The van der Waals surface area contributed by atoms with Crippen molar-refractivity contribution >= 4 is 10.8 Å². The average Bonchev–Trinajstić information content (AvgIpc) is 2.45. The zero-order valence-corrected chi connectivity index (χ0v) is 12.7. The molecule has 1 atom stereocenters. The molecule has 102 valence electrons. The molecule has 0 amide bonds. The zero-order chi connectivity index (χ0) is 14.0. The van der Waals surface area contributed by atoms with Crippen molar-refractivity contribution in [2.24, 2.45) is 5.92 Å². The van der Waals surface area contributed by atoms with E-state index in [1.165, 1.54) is 28.5 Å². The molecule has 0 fully saturated rings. The molecule has 2 heterocycles. The van der Waals surface area contributed by atoms with E-state index in [9.17, 15) is 0 Å². The van der Waals surface area contributed by atoms with Crippen LogP contribution in [0.4, 0.5) is 0 Å². The molecule has 0 saturated carbocycles. The topological polar surface area (TPSA) is 25.8 Å². The minimum Gasteiger partial charge on any atom is -0.264 e. The molecule has 0 radical (unpaired) electrons. The smallest absolute Gasteiger partial charge is 0.0486 e. The maximum absolute atomic E-state index is 4.53. The van der Waals surface area contributed by atoms with Crippen LogP contribution in [-0.4, -0.2) is 9.97 Å². The van der Waals surface area contributed by atoms with Gasteiger partial charge in [0.2, 0.25) is 0 Å². The highest BCUT2D eigenvalue weighted by Gasteiger charge is 2.35. The fourth-order valence-corrected chi connectivity index (χ4v) is 2.93. The molecular weight excluding hydrogens is 232 g/mol. The quantitative estimate of drug-likeness (QED) is 0.750. The normalized spacial score (nSPS) is 21.2. The fourth-order valence-electron chi connectivity index (χ4n) is 2.93. The van der Waals surface area contributed by atoms with E-state index in [0.29, 0.717) is 5.92 Å². The Morgan fingerprint density at radius 3 is 2.63 bits per heavy atom. The molecule has 19 heavy (non-hydrogen) atoms. The van der Waals surface area contributed by atoms with Crippen LogP contribution in [-0.2, 0) is 11.8 Å². The van der Waals surface area contributed by atoms with E-state index in [0.717, 1.165) is 6.42 Å². The lowest BCUT2D eigenvalue weighted by molar-refractivity contribution is 0.309. The summed E-state index contributed by atoms with van der Waals surface area (Å²) in [5, 5.41) is 2.59. The highest BCUT2D eigenvalue weighted by molar-refractivity contribution is 5.88. The first kappa shape index (κ1) is 14.0. The van der Waals surface area contributed by atoms with Gasteiger partial charge in [0, 0.05) is 35.1 Å². The van der Waals surface area contributed by atoms with Gasteiger partial charge in [-0.25, -0.2) is 0 Å². The third-order valence-corrected chi connectivity index (χ3v) is 4.52. The third kappa shape index (κ3) is 2.13. The lowest BCUT2D eigenvalue weighted by Gasteiger charge is -2.38. The van der Waals surface area contributed by atoms with Crippen LogP contribution in [0.25, 0.3) is 10.8 Å². The Kier molecular flexibility index (Phi) is 3.88. The van der Waals surface area contributed by atoms with Crippen LogP contribution in [0.5, 0.6) is 0 Å². The van der Waals surface area contributed by atoms with Crippen molar-refractivity contribution in [1.82, 2.24) is 9.97 Å². The van der Waals surface area contributed by atoms with Crippen molar-refractivity contribution in [2.45, 2.75) is 52.9 Å². The van der Waals surface area contributed by atoms with Crippen molar-refractivity contribution < 1.29 is 0 Å². The Bertz CT molecular complexity index is 569. The van der Waals surface area contributed by atoms with Crippen molar-refractivity contribution in [3.05, 3.63) is 35.9 Å². The Morgan fingerprint density at radius 1 is 1.21 bits per heavy atom. The third-order valence-electron chi connectivity index (χ3n) is 4.52. The van der Waals surface area contributed by atoms with Gasteiger partial charge in [-0.1, -0.05) is 34.6 Å². The molecule has 2 nitrogen and oxygen atoms in total. The van der Waals surface area contributed by atoms with Crippen LogP contribution in [0.15, 0.2) is 24.7 Å². The second-order valence-corrected chi connectivity index (χ2v) is 5.61. The molecule has 0 saturated heterocycles. The molecule has 0 aromatic carbocycles. The predicted molar refractivity (Wildman–Crippen MR) is 81.4 cm³/mol. The van der Waals surface area contributed by atoms with E-state index in [4.69, 9.17) is 0 Å². The fraction of sp³-hybridized carbons (Fsp3) is 0.529. The summed E-state index contributed by atoms with van der Waals surface area (Å²) in [6.07, 6.45) is 8.17. The van der Waals surface area contributed by atoms with E-state index in [-0.39, 0.29) is 5.41 Å². The Balaban J connectivity index is 0.000000637. The zero-order valence-electron chi connectivity index (χ0n) is 12.7. The van der Waals surface area contributed by atoms with Crippen LogP contribution in [0, 0.1) is 5.92 Å². The van der Waals surface area contributed by atoms with Crippen LogP contribution in [0.3, 0.4) is 0 Å². The average molecular weight is 256 g/mol. The molecule has 0 spiro atoms. The second-order valence-electron chi connectivity index (χ2n) is 5.61. The summed E-state index contributed by atoms with van der Waals surface area (Å²) in [6.45, 7) is 11.0. The van der Waals surface area contributed by atoms with Crippen molar-refractivity contribution in [1.29, 1.82) is 0 Å². The lowest BCUT2D eigenvalue weighted by atomic mass is 9.66. The summed E-state index contributed by atoms with van der Waals surface area (Å²) in [5.74, 6) is 0.628. The van der Waals surface area contributed by atoms with Gasteiger partial charge in [-0.2, -0.15) is 0 Å². The minimum atomic E-state index is 0.239. The molecule has 2 heteroatoms. The van der Waals surface area contributed by atoms with E-state index in [1.807, 2.05) is 32.4 Å². The molecular formula is C17H24N2. The number of hydrogen-bond donors (Lipinski definition) is 0. The van der Waals surface area contributed by atoms with E-state index in [1.54, 1.807) is 0 Å². The summed E-state index contributed by atoms with van der Waals surface area (Å²) >= 11 is 0. The lowest BCUT2D eigenvalue weighted by Crippen LogP contribution is -2.32. The number of aromatic nitrogens is 2. The highest BCUT2D eigenvalue weighted by Crippen LogP contribution is 2.43. The van der Waals surface area contributed by atoms with Gasteiger partial charge in [0.15, 0.2) is 0 Å². The standard InChI is InChI=1S/C15H18N2.C2H6/c1-10(2)15(3)6-4-13-14-11(5-7-17-13)8-16-9-12(14)15;1-2/h5,7-10H,4,6H2,1-3H3;1-2H3. The van der Waals surface area contributed by atoms with Gasteiger partial charge >= 0.3 is 0 Å². The predicted octanol–water partition coefficient (Wildman–Crippen LogP) is 4.52. The van der Waals surface area contributed by atoms with Gasteiger partial charge in [0.05, 0.1) is 0 Å². The van der Waals surface area contributed by atoms with Crippen LogP contribution in [0.2, 0.25) is 0 Å². The summed E-state index contributed by atoms with van der Waals surface area (Å²) in [4.78, 5) is 8.94. The van der Waals surface area contributed by atoms with Gasteiger partial charge < -0.3 is 0 Å². The molecule has 1 aliphatic carbocycles. The van der Waals surface area contributed by atoms with Gasteiger partial charge in [-0.15, -0.1) is 0 Å². The number of pyridine rings is 2. The molecule has 0 bridgehead atoms. The number of aryl methyl sites for hydroxylation is 1. The maximum atomic E-state index is 4.53. The first-order chi connectivity index (χ1) is 9.13. The largest absolute Gasteiger partial charge is 0.264 e. The molecule has 0 N–H and O–H groups in total. The number of nitrogens with zero attached hydrogens (tertiary/aromatic N) is 2.